The van der Waals surface area contributed by atoms with E-state index < -0.39 is 0 Å². The molecule has 0 aliphatic heterocycles. The van der Waals surface area contributed by atoms with E-state index in [0.29, 0.717) is 6.42 Å². The lowest BCUT2D eigenvalue weighted by molar-refractivity contribution is -0.121. The summed E-state index contributed by atoms with van der Waals surface area (Å²) in [5.41, 5.74) is 5.38. The number of nitrogens with zero attached hydrogens (tertiary/aromatic N) is 2. The Balaban J connectivity index is 1.53. The van der Waals surface area contributed by atoms with Gasteiger partial charge in [0.05, 0.1) is 23.9 Å². The molecule has 1 N–H and O–H groups in total. The van der Waals surface area contributed by atoms with Crippen LogP contribution in [0.1, 0.15) is 35.0 Å². The molecule has 0 radical (unpaired) electrons. The molecule has 116 valence electrons. The summed E-state index contributed by atoms with van der Waals surface area (Å²) < 4.78 is 2.00. The van der Waals surface area contributed by atoms with Crippen molar-refractivity contribution >= 4 is 11.6 Å². The summed E-state index contributed by atoms with van der Waals surface area (Å²) in [5.74, 6) is 0.0560. The fourth-order valence-corrected chi connectivity index (χ4v) is 3.48. The Bertz CT molecular complexity index is 881. The van der Waals surface area contributed by atoms with Gasteiger partial charge in [-0.15, -0.1) is 0 Å². The molecule has 4 rings (SSSR count). The molecule has 0 bridgehead atoms. The average molecular weight is 305 g/mol. The van der Waals surface area contributed by atoms with E-state index in [1.807, 2.05) is 41.8 Å². The number of hydrogen-bond donors (Lipinski definition) is 1. The first kappa shape index (κ1) is 14.0. The van der Waals surface area contributed by atoms with E-state index in [0.717, 1.165) is 29.9 Å². The van der Waals surface area contributed by atoms with Gasteiger partial charge >= 0.3 is 0 Å². The van der Waals surface area contributed by atoms with Gasteiger partial charge in [-0.2, -0.15) is 0 Å². The molecule has 1 atom stereocenters. The first-order valence-corrected chi connectivity index (χ1v) is 8.02. The maximum atomic E-state index is 12.5. The number of carbonyl (C=O) groups is 1. The van der Waals surface area contributed by atoms with E-state index in [9.17, 15) is 4.79 Å². The summed E-state index contributed by atoms with van der Waals surface area (Å²) >= 11 is 0. The fraction of sp³-hybridized carbons (Fsp3) is 0.263. The summed E-state index contributed by atoms with van der Waals surface area (Å²) in [6, 6.07) is 14.4. The van der Waals surface area contributed by atoms with E-state index in [4.69, 9.17) is 0 Å². The van der Waals surface area contributed by atoms with E-state index in [-0.39, 0.29) is 11.9 Å². The van der Waals surface area contributed by atoms with Crippen LogP contribution >= 0.6 is 0 Å². The highest BCUT2D eigenvalue weighted by Gasteiger charge is 2.24. The molecule has 1 aliphatic rings. The summed E-state index contributed by atoms with van der Waals surface area (Å²) in [6.45, 7) is 1.96. The normalized spacial score (nSPS) is 16.5. The molecule has 1 aliphatic carbocycles. The lowest BCUT2D eigenvalue weighted by Crippen LogP contribution is -2.29. The molecule has 2 heterocycles. The maximum Gasteiger partial charge on any atom is 0.226 e. The number of nitrogens with one attached hydrogen (secondary N) is 1. The minimum Gasteiger partial charge on any atom is -0.349 e. The predicted molar refractivity (Wildman–Crippen MR) is 89.3 cm³/mol. The predicted octanol–water partition coefficient (Wildman–Crippen LogP) is 2.99. The molecular weight excluding hydrogens is 286 g/mol. The van der Waals surface area contributed by atoms with Gasteiger partial charge in [-0.05, 0) is 43.0 Å². The zero-order valence-electron chi connectivity index (χ0n) is 13.1. The zero-order valence-corrected chi connectivity index (χ0v) is 13.1. The van der Waals surface area contributed by atoms with Gasteiger partial charge in [0.15, 0.2) is 0 Å². The van der Waals surface area contributed by atoms with Gasteiger partial charge in [-0.25, -0.2) is 4.98 Å². The second-order valence-electron chi connectivity index (χ2n) is 6.11. The highest BCUT2D eigenvalue weighted by Crippen LogP contribution is 2.30. The Morgan fingerprint density at radius 1 is 1.26 bits per heavy atom. The van der Waals surface area contributed by atoms with Crippen molar-refractivity contribution in [2.75, 3.05) is 0 Å². The number of rotatable bonds is 3. The molecular formula is C19H19N3O. The van der Waals surface area contributed by atoms with Crippen LogP contribution in [0.25, 0.3) is 5.65 Å². The van der Waals surface area contributed by atoms with Crippen LogP contribution in [0.3, 0.4) is 0 Å². The first-order chi connectivity index (χ1) is 11.2. The number of amides is 1. The minimum absolute atomic E-state index is 0.0560. The molecule has 0 fully saturated rings. The van der Waals surface area contributed by atoms with Crippen molar-refractivity contribution in [1.29, 1.82) is 0 Å². The van der Waals surface area contributed by atoms with Crippen molar-refractivity contribution in [1.82, 2.24) is 14.7 Å². The molecule has 0 saturated heterocycles. The Hall–Kier alpha value is -2.62. The number of carbonyl (C=O) groups excluding carboxylic acids is 1. The van der Waals surface area contributed by atoms with Gasteiger partial charge in [-0.3, -0.25) is 4.79 Å². The molecule has 1 amide bonds. The second kappa shape index (κ2) is 5.54. The van der Waals surface area contributed by atoms with E-state index in [1.54, 1.807) is 0 Å². The van der Waals surface area contributed by atoms with Crippen LogP contribution in [0.2, 0.25) is 0 Å². The second-order valence-corrected chi connectivity index (χ2v) is 6.11. The third-order valence-electron chi connectivity index (χ3n) is 4.63. The van der Waals surface area contributed by atoms with Gasteiger partial charge in [0, 0.05) is 6.20 Å². The summed E-state index contributed by atoms with van der Waals surface area (Å²) in [7, 11) is 0. The molecule has 0 saturated carbocycles. The Kier molecular flexibility index (Phi) is 3.37. The van der Waals surface area contributed by atoms with Crippen LogP contribution in [0.5, 0.6) is 0 Å². The first-order valence-electron chi connectivity index (χ1n) is 8.02. The Labute approximate surface area is 135 Å². The van der Waals surface area contributed by atoms with Crippen LogP contribution in [-0.4, -0.2) is 15.3 Å². The summed E-state index contributed by atoms with van der Waals surface area (Å²) in [5, 5.41) is 3.19. The third kappa shape index (κ3) is 2.50. The quantitative estimate of drug-likeness (QED) is 0.808. The highest BCUT2D eigenvalue weighted by molar-refractivity contribution is 5.79. The van der Waals surface area contributed by atoms with Crippen molar-refractivity contribution in [3.63, 3.8) is 0 Å². The number of aromatic nitrogens is 2. The summed E-state index contributed by atoms with van der Waals surface area (Å²) in [6.07, 6.45) is 4.34. The highest BCUT2D eigenvalue weighted by atomic mass is 16.1. The molecule has 1 aromatic carbocycles. The van der Waals surface area contributed by atoms with Crippen LogP contribution in [0, 0.1) is 6.92 Å². The van der Waals surface area contributed by atoms with Crippen LogP contribution < -0.4 is 5.32 Å². The monoisotopic (exact) mass is 305 g/mol. The molecule has 0 spiro atoms. The lowest BCUT2D eigenvalue weighted by Gasteiger charge is -2.14. The number of pyridine rings is 1. The van der Waals surface area contributed by atoms with Crippen molar-refractivity contribution in [2.45, 2.75) is 32.2 Å². The van der Waals surface area contributed by atoms with Crippen LogP contribution in [0.4, 0.5) is 0 Å². The molecule has 4 heteroatoms. The summed E-state index contributed by atoms with van der Waals surface area (Å²) in [4.78, 5) is 17.0. The van der Waals surface area contributed by atoms with Gasteiger partial charge in [0.1, 0.15) is 5.65 Å². The fourth-order valence-electron chi connectivity index (χ4n) is 3.48. The van der Waals surface area contributed by atoms with Crippen molar-refractivity contribution < 1.29 is 4.79 Å². The van der Waals surface area contributed by atoms with Crippen LogP contribution in [0.15, 0.2) is 48.7 Å². The number of benzene rings is 1. The third-order valence-corrected chi connectivity index (χ3v) is 4.63. The SMILES string of the molecule is Cc1nc2ccccn2c1CC(=O)N[C@@H]1CCc2ccccc21. The number of hydrogen-bond acceptors (Lipinski definition) is 2. The smallest absolute Gasteiger partial charge is 0.226 e. The minimum atomic E-state index is 0.0560. The standard InChI is InChI=1S/C19H19N3O/c1-13-17(22-11-5-4-8-18(22)20-13)12-19(23)21-16-10-9-14-6-2-3-7-15(14)16/h2-8,11,16H,9-10,12H2,1H3,(H,21,23)/t16-/m1/s1. The van der Waals surface area contributed by atoms with Crippen molar-refractivity contribution in [2.24, 2.45) is 0 Å². The Morgan fingerprint density at radius 3 is 3.00 bits per heavy atom. The number of fused-ring (bicyclic) bond motifs is 2. The van der Waals surface area contributed by atoms with Gasteiger partial charge in [0.25, 0.3) is 0 Å². The van der Waals surface area contributed by atoms with Crippen molar-refractivity contribution in [3.8, 4) is 0 Å². The molecule has 0 unspecified atom stereocenters. The zero-order chi connectivity index (χ0) is 15.8. The number of imidazole rings is 1. The molecule has 4 nitrogen and oxygen atoms in total. The average Bonchev–Trinajstić information content (AvgIpc) is 3.10. The molecule has 2 aromatic heterocycles. The van der Waals surface area contributed by atoms with E-state index in [1.165, 1.54) is 11.1 Å². The van der Waals surface area contributed by atoms with Crippen LogP contribution in [-0.2, 0) is 17.6 Å². The maximum absolute atomic E-state index is 12.5. The van der Waals surface area contributed by atoms with Gasteiger partial charge < -0.3 is 9.72 Å². The van der Waals surface area contributed by atoms with Crippen molar-refractivity contribution in [3.05, 3.63) is 71.2 Å². The lowest BCUT2D eigenvalue weighted by atomic mass is 10.1. The molecule has 23 heavy (non-hydrogen) atoms. The molecule has 3 aromatic rings. The van der Waals surface area contributed by atoms with Gasteiger partial charge in [0.2, 0.25) is 5.91 Å². The Morgan fingerprint density at radius 2 is 2.09 bits per heavy atom. The van der Waals surface area contributed by atoms with Gasteiger partial charge in [-0.1, -0.05) is 30.3 Å². The number of aryl methyl sites for hydroxylation is 2. The van der Waals surface area contributed by atoms with E-state index >= 15 is 0 Å². The van der Waals surface area contributed by atoms with E-state index in [2.05, 4.69) is 28.5 Å². The largest absolute Gasteiger partial charge is 0.349 e. The topological polar surface area (TPSA) is 46.4 Å².